The first kappa shape index (κ1) is 17.3. The minimum absolute atomic E-state index is 0.208. The van der Waals surface area contributed by atoms with Gasteiger partial charge < -0.3 is 4.90 Å². The zero-order chi connectivity index (χ0) is 18.8. The number of ketones is 1. The second kappa shape index (κ2) is 7.24. The summed E-state index contributed by atoms with van der Waals surface area (Å²) in [6.07, 6.45) is 1.27. The van der Waals surface area contributed by atoms with E-state index in [9.17, 15) is 4.79 Å². The van der Waals surface area contributed by atoms with Gasteiger partial charge in [-0.2, -0.15) is 0 Å². The lowest BCUT2D eigenvalue weighted by Crippen LogP contribution is -2.08. The molecule has 0 aromatic heterocycles. The lowest BCUT2D eigenvalue weighted by Gasteiger charge is -2.13. The van der Waals surface area contributed by atoms with Gasteiger partial charge >= 0.3 is 0 Å². The average Bonchev–Trinajstić information content (AvgIpc) is 2.70. The SMILES string of the molecule is CN(C)c1ccc(CCC(=O)c2c3ccccc3cc3ccccc23)cc1. The summed E-state index contributed by atoms with van der Waals surface area (Å²) in [5, 5.41) is 4.33. The number of Topliss-reactive ketones (excluding diaryl/α,β-unsaturated/α-hetero) is 1. The van der Waals surface area contributed by atoms with Gasteiger partial charge in [0, 0.05) is 31.8 Å². The molecule has 134 valence electrons. The first-order valence-electron chi connectivity index (χ1n) is 9.33. The summed E-state index contributed by atoms with van der Waals surface area (Å²) in [6, 6.07) is 26.9. The van der Waals surface area contributed by atoms with Crippen LogP contribution in [0.25, 0.3) is 21.5 Å². The van der Waals surface area contributed by atoms with Crippen LogP contribution in [0.1, 0.15) is 22.3 Å². The molecule has 0 bridgehead atoms. The smallest absolute Gasteiger partial charge is 0.164 e. The van der Waals surface area contributed by atoms with Gasteiger partial charge in [0.05, 0.1) is 0 Å². The van der Waals surface area contributed by atoms with Crippen LogP contribution in [0.5, 0.6) is 0 Å². The predicted molar refractivity (Wildman–Crippen MR) is 115 cm³/mol. The van der Waals surface area contributed by atoms with Crippen LogP contribution in [-0.2, 0) is 6.42 Å². The largest absolute Gasteiger partial charge is 0.378 e. The molecule has 4 rings (SSSR count). The fourth-order valence-corrected chi connectivity index (χ4v) is 3.66. The molecule has 0 aliphatic heterocycles. The highest BCUT2D eigenvalue weighted by atomic mass is 16.1. The zero-order valence-corrected chi connectivity index (χ0v) is 15.8. The van der Waals surface area contributed by atoms with Crippen molar-refractivity contribution in [1.29, 1.82) is 0 Å². The number of anilines is 1. The third-order valence-electron chi connectivity index (χ3n) is 5.14. The molecule has 2 heteroatoms. The quantitative estimate of drug-likeness (QED) is 0.330. The number of hydrogen-bond acceptors (Lipinski definition) is 2. The average molecular weight is 353 g/mol. The fraction of sp³-hybridized carbons (Fsp3) is 0.160. The lowest BCUT2D eigenvalue weighted by atomic mass is 9.92. The summed E-state index contributed by atoms with van der Waals surface area (Å²) >= 11 is 0. The number of aryl methyl sites for hydroxylation is 1. The number of fused-ring (bicyclic) bond motifs is 2. The Morgan fingerprint density at radius 2 is 1.33 bits per heavy atom. The molecule has 0 aliphatic carbocycles. The normalized spacial score (nSPS) is 11.0. The molecule has 0 amide bonds. The van der Waals surface area contributed by atoms with E-state index in [-0.39, 0.29) is 5.78 Å². The first-order chi connectivity index (χ1) is 13.1. The van der Waals surface area contributed by atoms with Crippen LogP contribution in [0.3, 0.4) is 0 Å². The Morgan fingerprint density at radius 3 is 1.89 bits per heavy atom. The van der Waals surface area contributed by atoms with Gasteiger partial charge in [0.25, 0.3) is 0 Å². The Morgan fingerprint density at radius 1 is 0.778 bits per heavy atom. The Hall–Kier alpha value is -3.13. The van der Waals surface area contributed by atoms with Crippen molar-refractivity contribution < 1.29 is 4.79 Å². The highest BCUT2D eigenvalue weighted by Gasteiger charge is 2.14. The number of nitrogens with zero attached hydrogens (tertiary/aromatic N) is 1. The predicted octanol–water partition coefficient (Wildman–Crippen LogP) is 5.87. The molecule has 0 saturated heterocycles. The molecule has 0 fully saturated rings. The van der Waals surface area contributed by atoms with Crippen molar-refractivity contribution in [2.45, 2.75) is 12.8 Å². The highest BCUT2D eigenvalue weighted by Crippen LogP contribution is 2.29. The minimum atomic E-state index is 0.208. The molecular weight excluding hydrogens is 330 g/mol. The van der Waals surface area contributed by atoms with Crippen molar-refractivity contribution in [2.24, 2.45) is 0 Å². The van der Waals surface area contributed by atoms with Crippen LogP contribution in [-0.4, -0.2) is 19.9 Å². The summed E-state index contributed by atoms with van der Waals surface area (Å²) in [6.45, 7) is 0. The van der Waals surface area contributed by atoms with Crippen molar-refractivity contribution in [3.05, 3.63) is 90.0 Å². The van der Waals surface area contributed by atoms with E-state index in [2.05, 4.69) is 59.5 Å². The number of rotatable bonds is 5. The Balaban J connectivity index is 1.67. The van der Waals surface area contributed by atoms with Crippen LogP contribution in [0, 0.1) is 0 Å². The molecule has 0 radical (unpaired) electrons. The molecular formula is C25H23NO. The van der Waals surface area contributed by atoms with Crippen LogP contribution in [0.15, 0.2) is 78.9 Å². The van der Waals surface area contributed by atoms with Crippen molar-refractivity contribution in [2.75, 3.05) is 19.0 Å². The van der Waals surface area contributed by atoms with E-state index < -0.39 is 0 Å². The summed E-state index contributed by atoms with van der Waals surface area (Å²) in [5.74, 6) is 0.208. The number of carbonyl (C=O) groups is 1. The van der Waals surface area contributed by atoms with E-state index in [4.69, 9.17) is 0 Å². The van der Waals surface area contributed by atoms with E-state index >= 15 is 0 Å². The molecule has 0 unspecified atom stereocenters. The van der Waals surface area contributed by atoms with Gasteiger partial charge in [0.15, 0.2) is 5.78 Å². The zero-order valence-electron chi connectivity index (χ0n) is 15.8. The standard InChI is InChI=1S/C25H23NO/c1-26(2)21-14-11-18(12-15-21)13-16-24(27)25-22-9-5-3-7-19(22)17-20-8-4-6-10-23(20)25/h3-12,14-15,17H,13,16H2,1-2H3. The van der Waals surface area contributed by atoms with Crippen LogP contribution in [0.2, 0.25) is 0 Å². The maximum absolute atomic E-state index is 13.2. The molecule has 0 N–H and O–H groups in total. The Bertz CT molecular complexity index is 1060. The van der Waals surface area contributed by atoms with E-state index in [0.29, 0.717) is 6.42 Å². The maximum atomic E-state index is 13.2. The summed E-state index contributed by atoms with van der Waals surface area (Å²) in [4.78, 5) is 15.3. The fourth-order valence-electron chi connectivity index (χ4n) is 3.66. The van der Waals surface area contributed by atoms with Gasteiger partial charge in [-0.1, -0.05) is 60.7 Å². The van der Waals surface area contributed by atoms with Gasteiger partial charge in [0.1, 0.15) is 0 Å². The van der Waals surface area contributed by atoms with E-state index in [0.717, 1.165) is 33.5 Å². The Kier molecular flexibility index (Phi) is 4.64. The molecule has 0 spiro atoms. The lowest BCUT2D eigenvalue weighted by molar-refractivity contribution is 0.0986. The van der Waals surface area contributed by atoms with Gasteiger partial charge in [-0.05, 0) is 51.7 Å². The van der Waals surface area contributed by atoms with Crippen LogP contribution < -0.4 is 4.90 Å². The second-order valence-corrected chi connectivity index (χ2v) is 7.18. The van der Waals surface area contributed by atoms with Gasteiger partial charge in [-0.15, -0.1) is 0 Å². The maximum Gasteiger partial charge on any atom is 0.164 e. The van der Waals surface area contributed by atoms with Crippen LogP contribution in [0.4, 0.5) is 5.69 Å². The molecule has 0 saturated carbocycles. The molecule has 0 heterocycles. The molecule has 2 nitrogen and oxygen atoms in total. The molecule has 0 aliphatic rings. The van der Waals surface area contributed by atoms with E-state index in [1.54, 1.807) is 0 Å². The van der Waals surface area contributed by atoms with Crippen molar-refractivity contribution in [1.82, 2.24) is 0 Å². The third kappa shape index (κ3) is 3.43. The summed E-state index contributed by atoms with van der Waals surface area (Å²) in [7, 11) is 4.06. The molecule has 27 heavy (non-hydrogen) atoms. The van der Waals surface area contributed by atoms with Gasteiger partial charge in [0.2, 0.25) is 0 Å². The summed E-state index contributed by atoms with van der Waals surface area (Å²) < 4.78 is 0. The Labute approximate surface area is 160 Å². The van der Waals surface area contributed by atoms with Gasteiger partial charge in [-0.25, -0.2) is 0 Å². The molecule has 4 aromatic carbocycles. The monoisotopic (exact) mass is 353 g/mol. The third-order valence-corrected chi connectivity index (χ3v) is 5.14. The summed E-state index contributed by atoms with van der Waals surface area (Å²) in [5.41, 5.74) is 3.22. The van der Waals surface area contributed by atoms with Crippen molar-refractivity contribution >= 4 is 33.0 Å². The number of hydrogen-bond donors (Lipinski definition) is 0. The molecule has 0 atom stereocenters. The highest BCUT2D eigenvalue weighted by molar-refractivity contribution is 6.18. The minimum Gasteiger partial charge on any atom is -0.378 e. The van der Waals surface area contributed by atoms with E-state index in [1.807, 2.05) is 38.4 Å². The number of benzene rings is 4. The number of carbonyl (C=O) groups excluding carboxylic acids is 1. The first-order valence-corrected chi connectivity index (χ1v) is 9.33. The topological polar surface area (TPSA) is 20.3 Å². The second-order valence-electron chi connectivity index (χ2n) is 7.18. The van der Waals surface area contributed by atoms with Gasteiger partial charge in [-0.3, -0.25) is 4.79 Å². The molecule has 4 aromatic rings. The van der Waals surface area contributed by atoms with Crippen LogP contribution >= 0.6 is 0 Å². The van der Waals surface area contributed by atoms with E-state index in [1.165, 1.54) is 11.3 Å². The van der Waals surface area contributed by atoms with Crippen molar-refractivity contribution in [3.63, 3.8) is 0 Å². The van der Waals surface area contributed by atoms with Crippen molar-refractivity contribution in [3.8, 4) is 0 Å².